The van der Waals surface area contributed by atoms with Crippen molar-refractivity contribution in [1.29, 1.82) is 0 Å². The van der Waals surface area contributed by atoms with Crippen LogP contribution in [0, 0.1) is 0 Å². The fraction of sp³-hybridized carbons (Fsp3) is 0.250. The molecule has 0 saturated heterocycles. The Balaban J connectivity index is 2.22. The predicted octanol–water partition coefficient (Wildman–Crippen LogP) is 2.38. The Morgan fingerprint density at radius 3 is 2.76 bits per heavy atom. The summed E-state index contributed by atoms with van der Waals surface area (Å²) in [5.74, 6) is -0.378. The minimum absolute atomic E-state index is 0.127. The second-order valence-electron chi connectivity index (χ2n) is 4.62. The third-order valence-corrected chi connectivity index (χ3v) is 3.37. The SMILES string of the molecule is CCOC(=O)C1=C(C)C(C=Cc2ccccc2)NC(=S)N1. The molecule has 0 fully saturated rings. The van der Waals surface area contributed by atoms with Crippen molar-refractivity contribution in [2.75, 3.05) is 6.61 Å². The van der Waals surface area contributed by atoms with Gasteiger partial charge in [-0.3, -0.25) is 0 Å². The van der Waals surface area contributed by atoms with Crippen LogP contribution in [-0.4, -0.2) is 23.7 Å². The summed E-state index contributed by atoms with van der Waals surface area (Å²) in [6.07, 6.45) is 3.98. The third kappa shape index (κ3) is 3.92. The van der Waals surface area contributed by atoms with Gasteiger partial charge in [0, 0.05) is 0 Å². The van der Waals surface area contributed by atoms with E-state index in [2.05, 4.69) is 10.6 Å². The third-order valence-electron chi connectivity index (χ3n) is 3.15. The van der Waals surface area contributed by atoms with Crippen molar-refractivity contribution in [2.45, 2.75) is 19.9 Å². The highest BCUT2D eigenvalue weighted by Gasteiger charge is 2.25. The van der Waals surface area contributed by atoms with Gasteiger partial charge >= 0.3 is 5.97 Å². The summed E-state index contributed by atoms with van der Waals surface area (Å²) in [4.78, 5) is 11.9. The summed E-state index contributed by atoms with van der Waals surface area (Å²) in [7, 11) is 0. The molecule has 0 radical (unpaired) electrons. The number of carbonyl (C=O) groups is 1. The average Bonchev–Trinajstić information content (AvgIpc) is 2.49. The molecule has 0 amide bonds. The molecule has 0 bridgehead atoms. The number of thiocarbonyl (C=S) groups is 1. The minimum Gasteiger partial charge on any atom is -0.461 e. The number of esters is 1. The van der Waals surface area contributed by atoms with Crippen LogP contribution in [0.5, 0.6) is 0 Å². The summed E-state index contributed by atoms with van der Waals surface area (Å²) in [5.41, 5.74) is 2.37. The number of carbonyl (C=O) groups excluding carboxylic acids is 1. The Bertz CT molecular complexity index is 594. The average molecular weight is 302 g/mol. The van der Waals surface area contributed by atoms with Gasteiger partial charge < -0.3 is 15.4 Å². The molecule has 1 atom stereocenters. The van der Waals surface area contributed by atoms with E-state index < -0.39 is 0 Å². The number of ether oxygens (including phenoxy) is 1. The zero-order chi connectivity index (χ0) is 15.2. The van der Waals surface area contributed by atoms with Gasteiger partial charge in [-0.15, -0.1) is 0 Å². The van der Waals surface area contributed by atoms with Crippen LogP contribution in [0.4, 0.5) is 0 Å². The summed E-state index contributed by atoms with van der Waals surface area (Å²) in [5, 5.41) is 6.42. The lowest BCUT2D eigenvalue weighted by molar-refractivity contribution is -0.138. The lowest BCUT2D eigenvalue weighted by Gasteiger charge is -2.27. The Hall–Kier alpha value is -2.14. The van der Waals surface area contributed by atoms with Crippen molar-refractivity contribution >= 4 is 29.4 Å². The van der Waals surface area contributed by atoms with E-state index >= 15 is 0 Å². The largest absolute Gasteiger partial charge is 0.461 e. The number of nitrogens with one attached hydrogen (secondary N) is 2. The van der Waals surface area contributed by atoms with Gasteiger partial charge in [0.05, 0.1) is 12.6 Å². The maximum Gasteiger partial charge on any atom is 0.354 e. The van der Waals surface area contributed by atoms with Gasteiger partial charge in [0.15, 0.2) is 5.11 Å². The molecule has 0 aromatic heterocycles. The van der Waals surface area contributed by atoms with Gasteiger partial charge in [-0.2, -0.15) is 0 Å². The zero-order valence-electron chi connectivity index (χ0n) is 12.1. The van der Waals surface area contributed by atoms with Crippen LogP contribution in [0.25, 0.3) is 6.08 Å². The molecule has 110 valence electrons. The highest BCUT2D eigenvalue weighted by molar-refractivity contribution is 7.80. The lowest BCUT2D eigenvalue weighted by atomic mass is 10.0. The van der Waals surface area contributed by atoms with Crippen molar-refractivity contribution in [2.24, 2.45) is 0 Å². The molecule has 0 saturated carbocycles. The molecule has 4 nitrogen and oxygen atoms in total. The summed E-state index contributed by atoms with van der Waals surface area (Å²) in [6, 6.07) is 9.83. The van der Waals surface area contributed by atoms with E-state index in [9.17, 15) is 4.79 Å². The zero-order valence-corrected chi connectivity index (χ0v) is 12.9. The van der Waals surface area contributed by atoms with Gasteiger partial charge in [-0.05, 0) is 37.2 Å². The number of benzene rings is 1. The molecule has 0 aliphatic carbocycles. The van der Waals surface area contributed by atoms with Crippen LogP contribution in [0.2, 0.25) is 0 Å². The van der Waals surface area contributed by atoms with E-state index in [0.717, 1.165) is 11.1 Å². The van der Waals surface area contributed by atoms with Crippen molar-refractivity contribution in [3.63, 3.8) is 0 Å². The Kier molecular flexibility index (Phi) is 5.11. The molecular formula is C16H18N2O2S. The topological polar surface area (TPSA) is 50.4 Å². The molecule has 2 rings (SSSR count). The van der Waals surface area contributed by atoms with E-state index in [1.807, 2.05) is 49.4 Å². The van der Waals surface area contributed by atoms with E-state index in [1.54, 1.807) is 6.92 Å². The van der Waals surface area contributed by atoms with Crippen molar-refractivity contribution in [3.8, 4) is 0 Å². The highest BCUT2D eigenvalue weighted by atomic mass is 32.1. The smallest absolute Gasteiger partial charge is 0.354 e. The van der Waals surface area contributed by atoms with Gasteiger partial charge in [-0.25, -0.2) is 4.79 Å². The van der Waals surface area contributed by atoms with Crippen LogP contribution in [0.1, 0.15) is 19.4 Å². The fourth-order valence-corrected chi connectivity index (χ4v) is 2.26. The monoisotopic (exact) mass is 302 g/mol. The Morgan fingerprint density at radius 2 is 2.10 bits per heavy atom. The summed E-state index contributed by atoms with van der Waals surface area (Å²) < 4.78 is 5.04. The Labute approximate surface area is 129 Å². The minimum atomic E-state index is -0.378. The maximum atomic E-state index is 11.9. The second-order valence-corrected chi connectivity index (χ2v) is 5.03. The number of hydrogen-bond acceptors (Lipinski definition) is 3. The van der Waals surface area contributed by atoms with Crippen molar-refractivity contribution in [1.82, 2.24) is 10.6 Å². The first-order chi connectivity index (χ1) is 10.1. The standard InChI is InChI=1S/C16H18N2O2S/c1-3-20-15(19)14-11(2)13(17-16(21)18-14)10-9-12-7-5-4-6-8-12/h4-10,13H,3H2,1-2H3,(H2,17,18,21). The van der Waals surface area contributed by atoms with Crippen LogP contribution >= 0.6 is 12.2 Å². The van der Waals surface area contributed by atoms with Crippen LogP contribution in [0.15, 0.2) is 47.7 Å². The quantitative estimate of drug-likeness (QED) is 0.660. The van der Waals surface area contributed by atoms with Crippen LogP contribution in [-0.2, 0) is 9.53 Å². The van der Waals surface area contributed by atoms with Gasteiger partial charge in [-0.1, -0.05) is 42.5 Å². The van der Waals surface area contributed by atoms with E-state index in [-0.39, 0.29) is 12.0 Å². The molecule has 1 unspecified atom stereocenters. The van der Waals surface area contributed by atoms with Gasteiger partial charge in [0.1, 0.15) is 5.70 Å². The van der Waals surface area contributed by atoms with Gasteiger partial charge in [0.25, 0.3) is 0 Å². The summed E-state index contributed by atoms with van der Waals surface area (Å²) >= 11 is 5.15. The lowest BCUT2D eigenvalue weighted by Crippen LogP contribution is -2.48. The molecule has 21 heavy (non-hydrogen) atoms. The maximum absolute atomic E-state index is 11.9. The molecule has 2 N–H and O–H groups in total. The second kappa shape index (κ2) is 7.04. The number of hydrogen-bond donors (Lipinski definition) is 2. The van der Waals surface area contributed by atoms with E-state index in [1.165, 1.54) is 0 Å². The Morgan fingerprint density at radius 1 is 1.38 bits per heavy atom. The first-order valence-corrected chi connectivity index (χ1v) is 7.21. The predicted molar refractivity (Wildman–Crippen MR) is 87.5 cm³/mol. The fourth-order valence-electron chi connectivity index (χ4n) is 2.03. The molecule has 1 aliphatic rings. The first-order valence-electron chi connectivity index (χ1n) is 6.80. The molecule has 1 aromatic carbocycles. The normalized spacial score (nSPS) is 18.4. The molecule has 0 spiro atoms. The van der Waals surface area contributed by atoms with Crippen molar-refractivity contribution < 1.29 is 9.53 Å². The van der Waals surface area contributed by atoms with Crippen LogP contribution < -0.4 is 10.6 Å². The number of rotatable bonds is 4. The van der Waals surface area contributed by atoms with E-state index in [4.69, 9.17) is 17.0 Å². The molecule has 1 aliphatic heterocycles. The molecular weight excluding hydrogens is 284 g/mol. The van der Waals surface area contributed by atoms with Crippen LogP contribution in [0.3, 0.4) is 0 Å². The molecule has 1 heterocycles. The molecule has 5 heteroatoms. The van der Waals surface area contributed by atoms with Gasteiger partial charge in [0.2, 0.25) is 0 Å². The first kappa shape index (κ1) is 15.3. The summed E-state index contributed by atoms with van der Waals surface area (Å²) in [6.45, 7) is 4.00. The van der Waals surface area contributed by atoms with Crippen molar-refractivity contribution in [3.05, 3.63) is 53.2 Å². The van der Waals surface area contributed by atoms with E-state index in [0.29, 0.717) is 17.4 Å². The highest BCUT2D eigenvalue weighted by Crippen LogP contribution is 2.15. The molecule has 1 aromatic rings.